The molecule has 3 aliphatic heterocycles. The Balaban J connectivity index is 0.759. The number of carbonyl (C=O) groups is 2. The number of amides is 2. The van der Waals surface area contributed by atoms with Gasteiger partial charge in [-0.3, -0.25) is 19.0 Å². The predicted octanol–water partition coefficient (Wildman–Crippen LogP) is 4.80. The Labute approximate surface area is 336 Å². The second-order valence-electron chi connectivity index (χ2n) is 16.0. The van der Waals surface area contributed by atoms with Gasteiger partial charge in [-0.15, -0.1) is 0 Å². The van der Waals surface area contributed by atoms with Crippen LogP contribution in [0.3, 0.4) is 0 Å². The van der Waals surface area contributed by atoms with Crippen LogP contribution in [-0.2, 0) is 9.59 Å². The number of hydrogen-bond acceptors (Lipinski definition) is 10. The highest BCUT2D eigenvalue weighted by molar-refractivity contribution is 5.79. The van der Waals surface area contributed by atoms with E-state index in [-0.39, 0.29) is 52.9 Å². The molecule has 15 heteroatoms. The van der Waals surface area contributed by atoms with Crippen LogP contribution in [0.4, 0.5) is 26.1 Å². The van der Waals surface area contributed by atoms with Crippen molar-refractivity contribution in [2.24, 2.45) is 5.92 Å². The molecule has 4 fully saturated rings. The minimum atomic E-state index is -1.01. The van der Waals surface area contributed by atoms with Crippen LogP contribution in [0.15, 0.2) is 77.9 Å². The first kappa shape index (κ1) is 39.4. The Hall–Kier alpha value is -5.41. The van der Waals surface area contributed by atoms with Gasteiger partial charge in [0, 0.05) is 72.8 Å². The molecule has 2 atom stereocenters. The molecule has 306 valence electrons. The van der Waals surface area contributed by atoms with Gasteiger partial charge in [-0.2, -0.15) is 0 Å². The van der Waals surface area contributed by atoms with E-state index in [1.165, 1.54) is 22.9 Å². The first-order valence-corrected chi connectivity index (χ1v) is 20.6. The molecule has 0 spiro atoms. The van der Waals surface area contributed by atoms with E-state index in [4.69, 9.17) is 0 Å². The SMILES string of the molecule is O=C1CCC(Nc2ccc(N3CCC(N4CCC(C(=O)NC5CCC(Nc6ncc(F)c(-c7cccc(-n8ccccc8=O)c7)n6)CC5)CC4)CC3)c(F)c2)C(O)N1. The Morgan fingerprint density at radius 1 is 0.810 bits per heavy atom. The predicted molar refractivity (Wildman–Crippen MR) is 218 cm³/mol. The number of pyridine rings is 1. The molecule has 2 amide bonds. The maximum absolute atomic E-state index is 15.2. The molecule has 2 unspecified atom stereocenters. The molecule has 5 N–H and O–H groups in total. The summed E-state index contributed by atoms with van der Waals surface area (Å²) in [6.45, 7) is 3.24. The Morgan fingerprint density at radius 3 is 2.33 bits per heavy atom. The van der Waals surface area contributed by atoms with Crippen molar-refractivity contribution in [1.82, 2.24) is 30.1 Å². The average molecular weight is 796 g/mol. The zero-order chi connectivity index (χ0) is 40.2. The summed E-state index contributed by atoms with van der Waals surface area (Å²) in [5.41, 5.74) is 2.27. The van der Waals surface area contributed by atoms with Crippen molar-refractivity contribution >= 4 is 29.1 Å². The molecule has 2 aromatic carbocycles. The summed E-state index contributed by atoms with van der Waals surface area (Å²) in [6.07, 6.45) is 9.41. The third kappa shape index (κ3) is 9.15. The van der Waals surface area contributed by atoms with E-state index in [0.29, 0.717) is 47.5 Å². The van der Waals surface area contributed by atoms with Gasteiger partial charge in [0.1, 0.15) is 17.7 Å². The molecule has 2 aromatic heterocycles. The number of aromatic nitrogens is 3. The van der Waals surface area contributed by atoms with E-state index >= 15 is 4.39 Å². The van der Waals surface area contributed by atoms with Crippen LogP contribution in [0.25, 0.3) is 16.9 Å². The topological polar surface area (TPSA) is 157 Å². The summed E-state index contributed by atoms with van der Waals surface area (Å²) in [5, 5.41) is 22.5. The third-order valence-corrected chi connectivity index (χ3v) is 12.3. The fourth-order valence-corrected chi connectivity index (χ4v) is 8.97. The van der Waals surface area contributed by atoms with Gasteiger partial charge in [0.25, 0.3) is 5.56 Å². The van der Waals surface area contributed by atoms with Crippen molar-refractivity contribution in [3.05, 3.63) is 95.0 Å². The smallest absolute Gasteiger partial charge is 0.255 e. The van der Waals surface area contributed by atoms with Gasteiger partial charge in [-0.25, -0.2) is 18.7 Å². The fraction of sp³-hybridized carbons (Fsp3) is 0.465. The lowest BCUT2D eigenvalue weighted by Gasteiger charge is -2.42. The molecule has 0 radical (unpaired) electrons. The Bertz CT molecular complexity index is 2150. The van der Waals surface area contributed by atoms with Gasteiger partial charge in [-0.05, 0) is 107 Å². The number of piperidine rings is 3. The molecule has 4 aliphatic rings. The highest BCUT2D eigenvalue weighted by atomic mass is 19.1. The number of anilines is 3. The molecule has 0 bridgehead atoms. The minimum absolute atomic E-state index is 0.00976. The van der Waals surface area contributed by atoms with Gasteiger partial charge < -0.3 is 36.2 Å². The van der Waals surface area contributed by atoms with Crippen molar-refractivity contribution in [3.8, 4) is 16.9 Å². The summed E-state index contributed by atoms with van der Waals surface area (Å²) in [7, 11) is 0. The van der Waals surface area contributed by atoms with Crippen LogP contribution in [0.1, 0.15) is 64.2 Å². The van der Waals surface area contributed by atoms with Crippen molar-refractivity contribution in [1.29, 1.82) is 0 Å². The second kappa shape index (κ2) is 17.6. The highest BCUT2D eigenvalue weighted by Gasteiger charge is 2.33. The largest absolute Gasteiger partial charge is 0.378 e. The van der Waals surface area contributed by atoms with Crippen LogP contribution in [0, 0.1) is 17.6 Å². The molecule has 5 heterocycles. The number of halogens is 2. The van der Waals surface area contributed by atoms with Crippen LogP contribution < -0.4 is 31.7 Å². The molecular formula is C43H51F2N9O4. The normalized spacial score (nSPS) is 23.6. The zero-order valence-electron chi connectivity index (χ0n) is 32.5. The van der Waals surface area contributed by atoms with Crippen LogP contribution in [-0.4, -0.2) is 92.9 Å². The van der Waals surface area contributed by atoms with E-state index in [9.17, 15) is 23.9 Å². The lowest BCUT2D eigenvalue weighted by Crippen LogP contribution is -2.51. The molecular weight excluding hydrogens is 745 g/mol. The zero-order valence-corrected chi connectivity index (χ0v) is 32.5. The van der Waals surface area contributed by atoms with Crippen LogP contribution in [0.2, 0.25) is 0 Å². The van der Waals surface area contributed by atoms with Gasteiger partial charge in [0.2, 0.25) is 17.8 Å². The number of aliphatic hydroxyl groups excluding tert-OH is 1. The number of benzene rings is 2. The number of carbonyl (C=O) groups excluding carboxylic acids is 2. The number of nitrogens with one attached hydrogen (secondary N) is 4. The maximum atomic E-state index is 15.2. The first-order chi connectivity index (χ1) is 28.2. The number of hydrogen-bond donors (Lipinski definition) is 5. The van der Waals surface area contributed by atoms with Gasteiger partial charge in [-0.1, -0.05) is 18.2 Å². The third-order valence-electron chi connectivity index (χ3n) is 12.3. The summed E-state index contributed by atoms with van der Waals surface area (Å²) in [6, 6.07) is 17.3. The van der Waals surface area contributed by atoms with E-state index in [2.05, 4.69) is 41.0 Å². The Kier molecular flexibility index (Phi) is 12.0. The summed E-state index contributed by atoms with van der Waals surface area (Å²) < 4.78 is 31.7. The van der Waals surface area contributed by atoms with Crippen molar-refractivity contribution in [3.63, 3.8) is 0 Å². The van der Waals surface area contributed by atoms with Gasteiger partial charge >= 0.3 is 0 Å². The number of aliphatic hydroxyl groups is 1. The second-order valence-corrected chi connectivity index (χ2v) is 16.0. The molecule has 1 aliphatic carbocycles. The standard InChI is InChI=1S/C43H51F2N9O4/c44-34-25-31(47-36-12-14-38(55)50-42(36)58)11-13-37(34)53-22-17-32(18-23-53)52-20-15-27(16-21-52)41(57)48-29-7-9-30(10-8-29)49-43-46-26-35(45)40(51-43)28-4-3-5-33(24-28)54-19-2-1-6-39(54)56/h1-6,11,13,19,24-27,29-30,32,36,42,47,58H,7-10,12,14-18,20-23H2,(H,48,57)(H,50,55)(H,46,49,51). The van der Waals surface area contributed by atoms with Crippen molar-refractivity contribution in [2.75, 3.05) is 41.7 Å². The quantitative estimate of drug-likeness (QED) is 0.151. The van der Waals surface area contributed by atoms with Gasteiger partial charge in [0.05, 0.1) is 17.9 Å². The summed E-state index contributed by atoms with van der Waals surface area (Å²) in [4.78, 5) is 50.5. The average Bonchev–Trinajstić information content (AvgIpc) is 3.24. The highest BCUT2D eigenvalue weighted by Crippen LogP contribution is 2.31. The molecule has 1 saturated carbocycles. The number of rotatable bonds is 10. The molecule has 13 nitrogen and oxygen atoms in total. The first-order valence-electron chi connectivity index (χ1n) is 20.6. The van der Waals surface area contributed by atoms with E-state index in [1.807, 2.05) is 6.07 Å². The molecule has 4 aromatic rings. The van der Waals surface area contributed by atoms with Crippen molar-refractivity contribution in [2.45, 2.75) is 94.6 Å². The minimum Gasteiger partial charge on any atom is -0.378 e. The van der Waals surface area contributed by atoms with E-state index < -0.39 is 12.0 Å². The fourth-order valence-electron chi connectivity index (χ4n) is 8.97. The summed E-state index contributed by atoms with van der Waals surface area (Å²) >= 11 is 0. The van der Waals surface area contributed by atoms with E-state index in [1.54, 1.807) is 48.7 Å². The summed E-state index contributed by atoms with van der Waals surface area (Å²) in [5.74, 6) is -0.585. The Morgan fingerprint density at radius 2 is 1.59 bits per heavy atom. The molecule has 3 saturated heterocycles. The molecule has 8 rings (SSSR count). The van der Waals surface area contributed by atoms with Crippen LogP contribution in [0.5, 0.6) is 0 Å². The lowest BCUT2D eigenvalue weighted by molar-refractivity contribution is -0.128. The number of nitrogens with zero attached hydrogens (tertiary/aromatic N) is 5. The monoisotopic (exact) mass is 795 g/mol. The van der Waals surface area contributed by atoms with Gasteiger partial charge in [0.15, 0.2) is 5.82 Å². The maximum Gasteiger partial charge on any atom is 0.255 e. The molecule has 58 heavy (non-hydrogen) atoms. The number of likely N-dealkylation sites (tertiary alicyclic amines) is 1. The lowest BCUT2D eigenvalue weighted by atomic mass is 9.89. The van der Waals surface area contributed by atoms with Crippen LogP contribution >= 0.6 is 0 Å². The van der Waals surface area contributed by atoms with E-state index in [0.717, 1.165) is 77.5 Å². The van der Waals surface area contributed by atoms with Crippen molar-refractivity contribution < 1.29 is 23.5 Å².